The summed E-state index contributed by atoms with van der Waals surface area (Å²) in [5.41, 5.74) is 0.00303. The van der Waals surface area contributed by atoms with Crippen molar-refractivity contribution in [3.05, 3.63) is 28.6 Å². The van der Waals surface area contributed by atoms with Gasteiger partial charge in [0.15, 0.2) is 5.16 Å². The molecule has 0 spiro atoms. The van der Waals surface area contributed by atoms with Crippen molar-refractivity contribution in [3.8, 4) is 0 Å². The maximum absolute atomic E-state index is 11.0. The molecule has 20 heavy (non-hydrogen) atoms. The summed E-state index contributed by atoms with van der Waals surface area (Å²) in [6, 6.07) is 2.85. The van der Waals surface area contributed by atoms with Crippen LogP contribution in [-0.4, -0.2) is 31.2 Å². The molecule has 2 aromatic rings. The maximum Gasteiger partial charge on any atom is 0.275 e. The number of anilines is 1. The molecule has 0 radical (unpaired) electrons. The number of aryl methyl sites for hydroxylation is 1. The van der Waals surface area contributed by atoms with Gasteiger partial charge in [-0.25, -0.2) is 4.98 Å². The van der Waals surface area contributed by atoms with Gasteiger partial charge in [0.25, 0.3) is 5.69 Å². The van der Waals surface area contributed by atoms with Crippen LogP contribution in [0.2, 0.25) is 0 Å². The number of nitrogens with one attached hydrogen (secondary N) is 1. The van der Waals surface area contributed by atoms with E-state index in [4.69, 9.17) is 0 Å². The van der Waals surface area contributed by atoms with Crippen molar-refractivity contribution in [2.45, 2.75) is 23.5 Å². The number of nitro groups is 1. The largest absolute Gasteiger partial charge is 0.370 e. The lowest BCUT2D eigenvalue weighted by molar-refractivity contribution is -0.385. The molecular weight excluding hydrogens is 280 g/mol. The second-order valence-corrected chi connectivity index (χ2v) is 5.05. The van der Waals surface area contributed by atoms with Crippen LogP contribution in [0.5, 0.6) is 0 Å². The predicted molar refractivity (Wildman–Crippen MR) is 74.8 cm³/mol. The number of hydrogen-bond acceptors (Lipinski definition) is 7. The fourth-order valence-electron chi connectivity index (χ4n) is 1.45. The quantitative estimate of drug-likeness (QED) is 0.643. The van der Waals surface area contributed by atoms with Gasteiger partial charge in [-0.05, 0) is 18.2 Å². The molecule has 0 amide bonds. The first kappa shape index (κ1) is 14.3. The molecule has 0 saturated heterocycles. The van der Waals surface area contributed by atoms with E-state index < -0.39 is 4.92 Å². The Bertz CT molecular complexity index is 615. The molecule has 2 aromatic heterocycles. The van der Waals surface area contributed by atoms with E-state index in [1.54, 1.807) is 17.9 Å². The Kier molecular flexibility index (Phi) is 4.51. The molecule has 0 atom stereocenters. The molecule has 0 bridgehead atoms. The van der Waals surface area contributed by atoms with Crippen LogP contribution in [0.3, 0.4) is 0 Å². The Labute approximate surface area is 119 Å². The van der Waals surface area contributed by atoms with Crippen molar-refractivity contribution in [2.75, 3.05) is 11.9 Å². The zero-order valence-corrected chi connectivity index (χ0v) is 11.9. The standard InChI is InChI=1S/C11H14N6O2S/c1-3-4-12-9-5-8(17(18)19)6-10(14-9)20-11-15-13-7-16(11)2/h5-7H,3-4H2,1-2H3,(H,12,14). The highest BCUT2D eigenvalue weighted by atomic mass is 32.2. The molecule has 8 nitrogen and oxygen atoms in total. The molecule has 0 saturated carbocycles. The summed E-state index contributed by atoms with van der Waals surface area (Å²) in [6.45, 7) is 2.72. The van der Waals surface area contributed by atoms with Gasteiger partial charge in [0.05, 0.1) is 11.0 Å². The van der Waals surface area contributed by atoms with Crippen LogP contribution in [-0.2, 0) is 7.05 Å². The summed E-state index contributed by atoms with van der Waals surface area (Å²) in [4.78, 5) is 14.9. The zero-order chi connectivity index (χ0) is 14.5. The van der Waals surface area contributed by atoms with Crippen LogP contribution >= 0.6 is 11.8 Å². The van der Waals surface area contributed by atoms with Crippen LogP contribution in [0, 0.1) is 10.1 Å². The predicted octanol–water partition coefficient (Wildman–Crippen LogP) is 2.09. The summed E-state index contributed by atoms with van der Waals surface area (Å²) >= 11 is 1.23. The van der Waals surface area contributed by atoms with E-state index in [0.717, 1.165) is 6.42 Å². The molecule has 106 valence electrons. The minimum atomic E-state index is -0.431. The molecular formula is C11H14N6O2S. The van der Waals surface area contributed by atoms with Crippen molar-refractivity contribution < 1.29 is 4.92 Å². The fraction of sp³-hybridized carbons (Fsp3) is 0.364. The van der Waals surface area contributed by atoms with Gasteiger partial charge in [-0.1, -0.05) is 6.92 Å². The Hall–Kier alpha value is -2.16. The monoisotopic (exact) mass is 294 g/mol. The topological polar surface area (TPSA) is 98.8 Å². The maximum atomic E-state index is 11.0. The van der Waals surface area contributed by atoms with E-state index in [9.17, 15) is 10.1 Å². The second-order valence-electron chi connectivity index (χ2n) is 4.06. The van der Waals surface area contributed by atoms with E-state index in [0.29, 0.717) is 22.5 Å². The summed E-state index contributed by atoms with van der Waals surface area (Å²) in [5.74, 6) is 0.491. The summed E-state index contributed by atoms with van der Waals surface area (Å²) < 4.78 is 1.73. The van der Waals surface area contributed by atoms with Crippen LogP contribution in [0.15, 0.2) is 28.6 Å². The molecule has 0 aliphatic heterocycles. The summed E-state index contributed by atoms with van der Waals surface area (Å²) in [7, 11) is 1.80. The van der Waals surface area contributed by atoms with Crippen molar-refractivity contribution in [3.63, 3.8) is 0 Å². The molecule has 0 unspecified atom stereocenters. The minimum absolute atomic E-state index is 0.00303. The van der Waals surface area contributed by atoms with Crippen molar-refractivity contribution in [1.29, 1.82) is 0 Å². The molecule has 1 N–H and O–H groups in total. The fourth-order valence-corrected chi connectivity index (χ4v) is 2.24. The van der Waals surface area contributed by atoms with Gasteiger partial charge in [-0.2, -0.15) is 0 Å². The van der Waals surface area contributed by atoms with Crippen molar-refractivity contribution in [2.24, 2.45) is 7.05 Å². The Balaban J connectivity index is 2.29. The lowest BCUT2D eigenvalue weighted by Crippen LogP contribution is -2.03. The first-order chi connectivity index (χ1) is 9.60. The molecule has 0 fully saturated rings. The molecule has 0 aromatic carbocycles. The van der Waals surface area contributed by atoms with Crippen LogP contribution in [0.4, 0.5) is 11.5 Å². The zero-order valence-electron chi connectivity index (χ0n) is 11.1. The summed E-state index contributed by atoms with van der Waals surface area (Å²) in [6.07, 6.45) is 2.48. The Morgan fingerprint density at radius 1 is 1.50 bits per heavy atom. The number of pyridine rings is 1. The molecule has 2 heterocycles. The van der Waals surface area contributed by atoms with Crippen LogP contribution < -0.4 is 5.32 Å². The van der Waals surface area contributed by atoms with Gasteiger partial charge in [0, 0.05) is 19.7 Å². The normalized spacial score (nSPS) is 10.5. The van der Waals surface area contributed by atoms with Gasteiger partial charge < -0.3 is 9.88 Å². The smallest absolute Gasteiger partial charge is 0.275 e. The van der Waals surface area contributed by atoms with Gasteiger partial charge in [-0.15, -0.1) is 10.2 Å². The average Bonchev–Trinajstić information content (AvgIpc) is 2.81. The highest BCUT2D eigenvalue weighted by Crippen LogP contribution is 2.28. The number of aromatic nitrogens is 4. The van der Waals surface area contributed by atoms with E-state index in [-0.39, 0.29) is 5.69 Å². The van der Waals surface area contributed by atoms with E-state index in [2.05, 4.69) is 20.5 Å². The number of rotatable bonds is 6. The Morgan fingerprint density at radius 3 is 2.90 bits per heavy atom. The third kappa shape index (κ3) is 3.44. The highest BCUT2D eigenvalue weighted by molar-refractivity contribution is 7.99. The number of nitrogens with zero attached hydrogens (tertiary/aromatic N) is 5. The van der Waals surface area contributed by atoms with Gasteiger partial charge in [-0.3, -0.25) is 10.1 Å². The third-order valence-electron chi connectivity index (χ3n) is 2.42. The van der Waals surface area contributed by atoms with Crippen LogP contribution in [0.1, 0.15) is 13.3 Å². The molecule has 0 aliphatic carbocycles. The summed E-state index contributed by atoms with van der Waals surface area (Å²) in [5, 5.41) is 22.8. The average molecular weight is 294 g/mol. The SMILES string of the molecule is CCCNc1cc([N+](=O)[O-])cc(Sc2nncn2C)n1. The molecule has 0 aliphatic rings. The Morgan fingerprint density at radius 2 is 2.30 bits per heavy atom. The lowest BCUT2D eigenvalue weighted by atomic mass is 10.4. The van der Waals surface area contributed by atoms with E-state index in [1.807, 2.05) is 6.92 Å². The van der Waals surface area contributed by atoms with E-state index in [1.165, 1.54) is 23.9 Å². The first-order valence-electron chi connectivity index (χ1n) is 6.02. The van der Waals surface area contributed by atoms with Gasteiger partial charge >= 0.3 is 0 Å². The van der Waals surface area contributed by atoms with Gasteiger partial charge in [0.2, 0.25) is 0 Å². The third-order valence-corrected chi connectivity index (χ3v) is 3.39. The van der Waals surface area contributed by atoms with Crippen molar-refractivity contribution in [1.82, 2.24) is 19.7 Å². The molecule has 9 heteroatoms. The minimum Gasteiger partial charge on any atom is -0.370 e. The molecule has 2 rings (SSSR count). The van der Waals surface area contributed by atoms with Crippen molar-refractivity contribution >= 4 is 23.3 Å². The van der Waals surface area contributed by atoms with Crippen LogP contribution in [0.25, 0.3) is 0 Å². The lowest BCUT2D eigenvalue weighted by Gasteiger charge is -2.06. The second kappa shape index (κ2) is 6.33. The van der Waals surface area contributed by atoms with Gasteiger partial charge in [0.1, 0.15) is 17.2 Å². The first-order valence-corrected chi connectivity index (χ1v) is 6.84. The van der Waals surface area contributed by atoms with E-state index >= 15 is 0 Å². The highest BCUT2D eigenvalue weighted by Gasteiger charge is 2.13. The number of hydrogen-bond donors (Lipinski definition) is 1.